The Hall–Kier alpha value is -3.22. The summed E-state index contributed by atoms with van der Waals surface area (Å²) in [7, 11) is 0. The number of nitrogens with zero attached hydrogens (tertiary/aromatic N) is 4. The van der Waals surface area contributed by atoms with E-state index in [0.717, 1.165) is 28.8 Å². The lowest BCUT2D eigenvalue weighted by Crippen LogP contribution is -2.23. The molecule has 0 fully saturated rings. The maximum atomic E-state index is 12.0. The second kappa shape index (κ2) is 8.05. The van der Waals surface area contributed by atoms with E-state index >= 15 is 0 Å². The average Bonchev–Trinajstić information content (AvgIpc) is 3.04. The van der Waals surface area contributed by atoms with Gasteiger partial charge in [-0.3, -0.25) is 4.79 Å². The van der Waals surface area contributed by atoms with Gasteiger partial charge in [-0.2, -0.15) is 5.10 Å². The molecule has 0 bridgehead atoms. The Morgan fingerprint density at radius 2 is 2.04 bits per heavy atom. The second-order valence-electron chi connectivity index (χ2n) is 5.45. The summed E-state index contributed by atoms with van der Waals surface area (Å²) < 4.78 is 7.06. The predicted octanol–water partition coefficient (Wildman–Crippen LogP) is 2.37. The molecule has 1 heterocycles. The molecule has 0 atom stereocenters. The molecule has 0 aliphatic carbocycles. The van der Waals surface area contributed by atoms with Gasteiger partial charge in [0, 0.05) is 0 Å². The van der Waals surface area contributed by atoms with Gasteiger partial charge in [-0.1, -0.05) is 24.3 Å². The summed E-state index contributed by atoms with van der Waals surface area (Å²) in [6.45, 7) is 2.81. The topological polar surface area (TPSA) is 81.4 Å². The summed E-state index contributed by atoms with van der Waals surface area (Å²) in [6.07, 6.45) is 2.55. The quantitative estimate of drug-likeness (QED) is 0.530. The van der Waals surface area contributed by atoms with Crippen molar-refractivity contribution in [3.63, 3.8) is 0 Å². The summed E-state index contributed by atoms with van der Waals surface area (Å²) in [6, 6.07) is 15.0. The van der Waals surface area contributed by atoms with Crippen molar-refractivity contribution in [2.45, 2.75) is 19.9 Å². The zero-order valence-corrected chi connectivity index (χ0v) is 13.9. The van der Waals surface area contributed by atoms with E-state index in [9.17, 15) is 4.79 Å². The number of hydrazone groups is 1. The number of carbonyl (C=O) groups excluding carboxylic acids is 1. The summed E-state index contributed by atoms with van der Waals surface area (Å²) in [4.78, 5) is 12.0. The molecule has 0 aliphatic heterocycles. The van der Waals surface area contributed by atoms with Crippen molar-refractivity contribution in [1.29, 1.82) is 0 Å². The first-order valence-electron chi connectivity index (χ1n) is 8.09. The van der Waals surface area contributed by atoms with E-state index in [1.165, 1.54) is 0 Å². The highest BCUT2D eigenvalue weighted by Crippen LogP contribution is 2.11. The first-order chi connectivity index (χ1) is 12.3. The molecule has 7 nitrogen and oxygen atoms in total. The number of para-hydroxylation sites is 1. The van der Waals surface area contributed by atoms with Gasteiger partial charge < -0.3 is 4.74 Å². The van der Waals surface area contributed by atoms with E-state index in [0.29, 0.717) is 6.61 Å². The maximum absolute atomic E-state index is 12.0. The number of nitrogens with one attached hydrogen (secondary N) is 1. The van der Waals surface area contributed by atoms with Gasteiger partial charge in [-0.25, -0.2) is 10.1 Å². The summed E-state index contributed by atoms with van der Waals surface area (Å²) >= 11 is 0. The lowest BCUT2D eigenvalue weighted by Gasteiger charge is -2.04. The molecule has 0 radical (unpaired) electrons. The molecule has 2 aromatic carbocycles. The highest BCUT2D eigenvalue weighted by Gasteiger charge is 2.07. The van der Waals surface area contributed by atoms with E-state index in [1.807, 2.05) is 48.5 Å². The minimum absolute atomic E-state index is 0.0572. The van der Waals surface area contributed by atoms with Crippen LogP contribution in [0.2, 0.25) is 0 Å². The third kappa shape index (κ3) is 4.41. The number of fused-ring (bicyclic) bond motifs is 1. The SMILES string of the molecule is CCCOc1ccc(/C=N\NC(=O)Cn2nnc3ccccc32)cc1. The molecule has 3 rings (SSSR count). The first-order valence-corrected chi connectivity index (χ1v) is 8.09. The molecule has 128 valence electrons. The lowest BCUT2D eigenvalue weighted by atomic mass is 10.2. The van der Waals surface area contributed by atoms with E-state index < -0.39 is 0 Å². The minimum Gasteiger partial charge on any atom is -0.494 e. The Morgan fingerprint density at radius 3 is 2.84 bits per heavy atom. The fourth-order valence-corrected chi connectivity index (χ4v) is 2.25. The van der Waals surface area contributed by atoms with Crippen molar-refractivity contribution in [3.05, 3.63) is 54.1 Å². The Kier molecular flexibility index (Phi) is 5.36. The van der Waals surface area contributed by atoms with Crippen LogP contribution in [0.15, 0.2) is 53.6 Å². The van der Waals surface area contributed by atoms with Crippen molar-refractivity contribution < 1.29 is 9.53 Å². The van der Waals surface area contributed by atoms with Crippen molar-refractivity contribution in [1.82, 2.24) is 20.4 Å². The fraction of sp³-hybridized carbons (Fsp3) is 0.222. The molecular formula is C18H19N5O2. The van der Waals surface area contributed by atoms with Crippen LogP contribution in [0.3, 0.4) is 0 Å². The molecule has 3 aromatic rings. The lowest BCUT2D eigenvalue weighted by molar-refractivity contribution is -0.121. The third-order valence-corrected chi connectivity index (χ3v) is 3.47. The number of benzene rings is 2. The molecule has 1 N–H and O–H groups in total. The largest absolute Gasteiger partial charge is 0.494 e. The number of rotatable bonds is 7. The molecular weight excluding hydrogens is 318 g/mol. The first kappa shape index (κ1) is 16.6. The van der Waals surface area contributed by atoms with Gasteiger partial charge in [-0.05, 0) is 48.4 Å². The molecule has 0 aliphatic rings. The molecule has 7 heteroatoms. The van der Waals surface area contributed by atoms with Crippen LogP contribution in [0.25, 0.3) is 11.0 Å². The summed E-state index contributed by atoms with van der Waals surface area (Å²) in [5.74, 6) is 0.552. The zero-order valence-electron chi connectivity index (χ0n) is 13.9. The summed E-state index contributed by atoms with van der Waals surface area (Å²) in [5.41, 5.74) is 4.93. The van der Waals surface area contributed by atoms with Crippen LogP contribution in [-0.2, 0) is 11.3 Å². The number of amides is 1. The molecule has 0 saturated carbocycles. The molecule has 0 unspecified atom stereocenters. The number of aromatic nitrogens is 3. The second-order valence-corrected chi connectivity index (χ2v) is 5.45. The highest BCUT2D eigenvalue weighted by atomic mass is 16.5. The van der Waals surface area contributed by atoms with Crippen LogP contribution in [0, 0.1) is 0 Å². The van der Waals surface area contributed by atoms with Crippen molar-refractivity contribution in [3.8, 4) is 5.75 Å². The van der Waals surface area contributed by atoms with Gasteiger partial charge in [0.2, 0.25) is 0 Å². The molecule has 0 saturated heterocycles. The third-order valence-electron chi connectivity index (χ3n) is 3.47. The maximum Gasteiger partial charge on any atom is 0.261 e. The highest BCUT2D eigenvalue weighted by molar-refractivity contribution is 5.83. The Bertz CT molecular complexity index is 871. The van der Waals surface area contributed by atoms with Crippen molar-refractivity contribution in [2.75, 3.05) is 6.61 Å². The number of ether oxygens (including phenoxy) is 1. The zero-order chi connectivity index (χ0) is 17.5. The van der Waals surface area contributed by atoms with Gasteiger partial charge in [0.05, 0.1) is 18.3 Å². The fourth-order valence-electron chi connectivity index (χ4n) is 2.25. The monoisotopic (exact) mass is 337 g/mol. The van der Waals surface area contributed by atoms with E-state index in [2.05, 4.69) is 27.8 Å². The number of hydrogen-bond acceptors (Lipinski definition) is 5. The average molecular weight is 337 g/mol. The van der Waals surface area contributed by atoms with Crippen molar-refractivity contribution >= 4 is 23.2 Å². The molecule has 1 amide bonds. The van der Waals surface area contributed by atoms with Gasteiger partial charge in [0.25, 0.3) is 5.91 Å². The van der Waals surface area contributed by atoms with Gasteiger partial charge in [0.15, 0.2) is 0 Å². The number of hydrogen-bond donors (Lipinski definition) is 1. The minimum atomic E-state index is -0.269. The van der Waals surface area contributed by atoms with Crippen LogP contribution in [0.5, 0.6) is 5.75 Å². The normalized spacial score (nSPS) is 11.1. The summed E-state index contributed by atoms with van der Waals surface area (Å²) in [5, 5.41) is 12.0. The predicted molar refractivity (Wildman–Crippen MR) is 95.5 cm³/mol. The van der Waals surface area contributed by atoms with Gasteiger partial charge in [-0.15, -0.1) is 5.10 Å². The molecule has 0 spiro atoms. The van der Waals surface area contributed by atoms with E-state index in [1.54, 1.807) is 10.9 Å². The van der Waals surface area contributed by atoms with Gasteiger partial charge in [0.1, 0.15) is 17.8 Å². The Labute approximate surface area is 145 Å². The van der Waals surface area contributed by atoms with Crippen LogP contribution in [0.1, 0.15) is 18.9 Å². The van der Waals surface area contributed by atoms with Crippen LogP contribution < -0.4 is 10.2 Å². The van der Waals surface area contributed by atoms with E-state index in [-0.39, 0.29) is 12.5 Å². The Morgan fingerprint density at radius 1 is 1.24 bits per heavy atom. The van der Waals surface area contributed by atoms with Crippen LogP contribution in [-0.4, -0.2) is 33.7 Å². The van der Waals surface area contributed by atoms with E-state index in [4.69, 9.17) is 4.74 Å². The smallest absolute Gasteiger partial charge is 0.261 e. The van der Waals surface area contributed by atoms with Gasteiger partial charge >= 0.3 is 0 Å². The van der Waals surface area contributed by atoms with Crippen LogP contribution in [0.4, 0.5) is 0 Å². The standard InChI is InChI=1S/C18H19N5O2/c1-2-11-25-15-9-7-14(8-10-15)12-19-21-18(24)13-23-17-6-4-3-5-16(17)20-22-23/h3-10,12H,2,11,13H2,1H3,(H,21,24)/b19-12-. The van der Waals surface area contributed by atoms with Crippen molar-refractivity contribution in [2.24, 2.45) is 5.10 Å². The number of carbonyl (C=O) groups is 1. The Balaban J connectivity index is 1.54. The molecule has 25 heavy (non-hydrogen) atoms. The molecule has 1 aromatic heterocycles. The van der Waals surface area contributed by atoms with Crippen LogP contribution >= 0.6 is 0 Å².